The first kappa shape index (κ1) is 12.3. The molecule has 0 radical (unpaired) electrons. The van der Waals surface area contributed by atoms with E-state index in [0.717, 1.165) is 0 Å². The Kier molecular flexibility index (Phi) is 2.70. The van der Waals surface area contributed by atoms with Crippen LogP contribution in [0.2, 0.25) is 0 Å². The molecule has 1 aliphatic heterocycles. The Bertz CT molecular complexity index is 641. The zero-order valence-electron chi connectivity index (χ0n) is 9.94. The largest absolute Gasteiger partial charge is 0.306 e. The standard InChI is InChI=1S/C13H12FNO3S/c14-19(17,18)12-8-11-10(12)6-7-13(16)15(11)9-4-2-1-3-5-9/h1-7,10-12H,8H2/t10-,11-,12-/m1/s1. The highest BCUT2D eigenvalue weighted by Gasteiger charge is 2.52. The third-order valence-electron chi connectivity index (χ3n) is 3.77. The summed E-state index contributed by atoms with van der Waals surface area (Å²) in [5, 5.41) is -1.02. The van der Waals surface area contributed by atoms with Crippen LogP contribution in [0.5, 0.6) is 0 Å². The van der Waals surface area contributed by atoms with Crippen LogP contribution in [-0.2, 0) is 15.0 Å². The minimum atomic E-state index is -4.55. The van der Waals surface area contributed by atoms with Crippen molar-refractivity contribution in [2.45, 2.75) is 17.7 Å². The molecule has 0 bridgehead atoms. The van der Waals surface area contributed by atoms with Crippen LogP contribution in [0.25, 0.3) is 0 Å². The van der Waals surface area contributed by atoms with E-state index >= 15 is 0 Å². The van der Waals surface area contributed by atoms with Gasteiger partial charge in [0.25, 0.3) is 5.91 Å². The molecule has 1 aromatic carbocycles. The number of anilines is 1. The number of hydrogen-bond acceptors (Lipinski definition) is 3. The summed E-state index contributed by atoms with van der Waals surface area (Å²) >= 11 is 0. The molecule has 1 saturated carbocycles. The van der Waals surface area contributed by atoms with Crippen LogP contribution in [-0.4, -0.2) is 25.6 Å². The van der Waals surface area contributed by atoms with Crippen LogP contribution >= 0.6 is 0 Å². The van der Waals surface area contributed by atoms with Crippen molar-refractivity contribution < 1.29 is 17.1 Å². The molecule has 1 heterocycles. The fraction of sp³-hybridized carbons (Fsp3) is 0.308. The summed E-state index contributed by atoms with van der Waals surface area (Å²) in [5.74, 6) is -0.643. The van der Waals surface area contributed by atoms with E-state index in [-0.39, 0.29) is 18.4 Å². The minimum absolute atomic E-state index is 0.147. The molecule has 6 heteroatoms. The van der Waals surface area contributed by atoms with E-state index < -0.39 is 21.4 Å². The molecule has 1 fully saturated rings. The third kappa shape index (κ3) is 1.96. The van der Waals surface area contributed by atoms with E-state index in [2.05, 4.69) is 0 Å². The number of halogens is 1. The van der Waals surface area contributed by atoms with Crippen LogP contribution in [0.15, 0.2) is 42.5 Å². The summed E-state index contributed by atoms with van der Waals surface area (Å²) in [6, 6.07) is 8.74. The molecule has 1 amide bonds. The predicted molar refractivity (Wildman–Crippen MR) is 68.8 cm³/mol. The van der Waals surface area contributed by atoms with E-state index in [1.54, 1.807) is 29.2 Å². The second-order valence-corrected chi connectivity index (χ2v) is 6.35. The molecule has 0 saturated heterocycles. The molecule has 3 atom stereocenters. The van der Waals surface area contributed by atoms with Crippen LogP contribution in [0.4, 0.5) is 9.57 Å². The molecule has 0 spiro atoms. The molecule has 1 aliphatic carbocycles. The number of fused-ring (bicyclic) bond motifs is 1. The number of para-hydroxylation sites is 1. The lowest BCUT2D eigenvalue weighted by molar-refractivity contribution is -0.115. The minimum Gasteiger partial charge on any atom is -0.305 e. The van der Waals surface area contributed by atoms with Crippen molar-refractivity contribution in [3.05, 3.63) is 42.5 Å². The fourth-order valence-electron chi connectivity index (χ4n) is 2.78. The molecule has 0 N–H and O–H groups in total. The molecule has 1 aromatic rings. The van der Waals surface area contributed by atoms with Gasteiger partial charge in [0.05, 0.1) is 0 Å². The Morgan fingerprint density at radius 2 is 1.89 bits per heavy atom. The Hall–Kier alpha value is -1.69. The van der Waals surface area contributed by atoms with Gasteiger partial charge in [0.2, 0.25) is 0 Å². The highest BCUT2D eigenvalue weighted by molar-refractivity contribution is 7.87. The lowest BCUT2D eigenvalue weighted by Gasteiger charge is -2.48. The number of benzene rings is 1. The topological polar surface area (TPSA) is 54.5 Å². The van der Waals surface area contributed by atoms with Gasteiger partial charge in [0.1, 0.15) is 5.25 Å². The zero-order valence-corrected chi connectivity index (χ0v) is 10.8. The first-order valence-electron chi connectivity index (χ1n) is 5.98. The summed E-state index contributed by atoms with van der Waals surface area (Å²) in [7, 11) is -4.55. The van der Waals surface area contributed by atoms with Crippen LogP contribution in [0, 0.1) is 5.92 Å². The molecule has 100 valence electrons. The normalized spacial score (nSPS) is 29.8. The van der Waals surface area contributed by atoms with Crippen molar-refractivity contribution >= 4 is 21.8 Å². The highest BCUT2D eigenvalue weighted by Crippen LogP contribution is 2.43. The number of amides is 1. The Morgan fingerprint density at radius 1 is 1.21 bits per heavy atom. The maximum atomic E-state index is 13.1. The molecular formula is C13H12FNO3S. The lowest BCUT2D eigenvalue weighted by Crippen LogP contribution is -2.60. The molecule has 3 rings (SSSR count). The van der Waals surface area contributed by atoms with Gasteiger partial charge in [-0.05, 0) is 24.6 Å². The van der Waals surface area contributed by atoms with Crippen molar-refractivity contribution in [2.75, 3.05) is 4.90 Å². The molecule has 0 unspecified atom stereocenters. The van der Waals surface area contributed by atoms with Crippen molar-refractivity contribution in [3.63, 3.8) is 0 Å². The van der Waals surface area contributed by atoms with Crippen LogP contribution in [0.3, 0.4) is 0 Å². The molecule has 4 nitrogen and oxygen atoms in total. The summed E-state index contributed by atoms with van der Waals surface area (Å²) in [6.07, 6.45) is 2.98. The summed E-state index contributed by atoms with van der Waals surface area (Å²) in [5.41, 5.74) is 0.710. The Morgan fingerprint density at radius 3 is 2.53 bits per heavy atom. The smallest absolute Gasteiger partial charge is 0.305 e. The second-order valence-electron chi connectivity index (χ2n) is 4.80. The maximum absolute atomic E-state index is 13.1. The Labute approximate surface area is 110 Å². The Balaban J connectivity index is 1.93. The number of nitrogens with zero attached hydrogens (tertiary/aromatic N) is 1. The van der Waals surface area contributed by atoms with Crippen molar-refractivity contribution in [1.82, 2.24) is 0 Å². The maximum Gasteiger partial charge on any atom is 0.306 e. The first-order chi connectivity index (χ1) is 8.98. The van der Waals surface area contributed by atoms with Gasteiger partial charge in [-0.15, -0.1) is 3.89 Å². The van der Waals surface area contributed by atoms with Crippen LogP contribution < -0.4 is 4.90 Å². The highest BCUT2D eigenvalue weighted by atomic mass is 32.3. The van der Waals surface area contributed by atoms with Gasteiger partial charge in [0.15, 0.2) is 0 Å². The molecular weight excluding hydrogens is 269 g/mol. The van der Waals surface area contributed by atoms with Gasteiger partial charge in [-0.3, -0.25) is 4.79 Å². The fourth-order valence-corrected chi connectivity index (χ4v) is 3.86. The van der Waals surface area contributed by atoms with Gasteiger partial charge in [0, 0.05) is 17.6 Å². The number of hydrogen-bond donors (Lipinski definition) is 0. The average Bonchev–Trinajstić information content (AvgIpc) is 2.32. The van der Waals surface area contributed by atoms with Gasteiger partial charge >= 0.3 is 10.2 Å². The molecule has 2 aliphatic rings. The summed E-state index contributed by atoms with van der Waals surface area (Å²) in [4.78, 5) is 13.5. The van der Waals surface area contributed by atoms with Gasteiger partial charge in [-0.2, -0.15) is 8.42 Å². The van der Waals surface area contributed by atoms with Crippen molar-refractivity contribution in [2.24, 2.45) is 5.92 Å². The number of carbonyl (C=O) groups excluding carboxylic acids is 1. The summed E-state index contributed by atoms with van der Waals surface area (Å²) < 4.78 is 35.0. The number of rotatable bonds is 2. The average molecular weight is 281 g/mol. The number of carbonyl (C=O) groups is 1. The molecule has 0 aromatic heterocycles. The third-order valence-corrected chi connectivity index (χ3v) is 5.00. The predicted octanol–water partition coefficient (Wildman–Crippen LogP) is 1.65. The monoisotopic (exact) mass is 281 g/mol. The van der Waals surface area contributed by atoms with E-state index in [4.69, 9.17) is 0 Å². The lowest BCUT2D eigenvalue weighted by atomic mass is 9.75. The van der Waals surface area contributed by atoms with E-state index in [9.17, 15) is 17.1 Å². The molecule has 19 heavy (non-hydrogen) atoms. The van der Waals surface area contributed by atoms with E-state index in [1.807, 2.05) is 6.07 Å². The van der Waals surface area contributed by atoms with Gasteiger partial charge < -0.3 is 4.90 Å². The van der Waals surface area contributed by atoms with E-state index in [0.29, 0.717) is 5.69 Å². The van der Waals surface area contributed by atoms with E-state index in [1.165, 1.54) is 12.2 Å². The van der Waals surface area contributed by atoms with Gasteiger partial charge in [-0.1, -0.05) is 24.3 Å². The van der Waals surface area contributed by atoms with Crippen molar-refractivity contribution in [1.29, 1.82) is 0 Å². The van der Waals surface area contributed by atoms with Crippen LogP contribution in [0.1, 0.15) is 6.42 Å². The van der Waals surface area contributed by atoms with Gasteiger partial charge in [-0.25, -0.2) is 0 Å². The SMILES string of the molecule is O=C1C=C[C@@H]2[C@@H](C[C@H]2S(=O)(=O)F)N1c1ccccc1. The summed E-state index contributed by atoms with van der Waals surface area (Å²) in [6.45, 7) is 0. The quantitative estimate of drug-likeness (QED) is 0.774. The first-order valence-corrected chi connectivity index (χ1v) is 7.43. The van der Waals surface area contributed by atoms with Crippen molar-refractivity contribution in [3.8, 4) is 0 Å². The zero-order chi connectivity index (χ0) is 13.6. The second kappa shape index (κ2) is 4.16.